The van der Waals surface area contributed by atoms with Crippen LogP contribution in [0.4, 0.5) is 18.0 Å². The van der Waals surface area contributed by atoms with Gasteiger partial charge in [0.15, 0.2) is 0 Å². The van der Waals surface area contributed by atoms with Gasteiger partial charge in [-0.25, -0.2) is 4.79 Å². The lowest BCUT2D eigenvalue weighted by atomic mass is 10.1. The van der Waals surface area contributed by atoms with Crippen LogP contribution in [0.2, 0.25) is 0 Å². The lowest BCUT2D eigenvalue weighted by Gasteiger charge is -2.09. The zero-order valence-corrected chi connectivity index (χ0v) is 11.6. The van der Waals surface area contributed by atoms with Crippen LogP contribution in [0.15, 0.2) is 54.6 Å². The number of halogens is 3. The molecule has 2 rings (SSSR count). The van der Waals surface area contributed by atoms with Gasteiger partial charge in [0, 0.05) is 6.54 Å². The summed E-state index contributed by atoms with van der Waals surface area (Å²) in [7, 11) is 0. The summed E-state index contributed by atoms with van der Waals surface area (Å²) in [5.41, 5.74) is 0.694. The molecule has 0 fully saturated rings. The summed E-state index contributed by atoms with van der Waals surface area (Å²) in [4.78, 5) is 11.5. The fraction of sp³-hybridized carbons (Fsp3) is 0.188. The lowest BCUT2D eigenvalue weighted by molar-refractivity contribution is -0.137. The molecule has 0 saturated carbocycles. The number of alkyl halides is 3. The Kier molecular flexibility index (Phi) is 5.04. The molecule has 2 aromatic carbocycles. The first-order valence-electron chi connectivity index (χ1n) is 6.56. The summed E-state index contributed by atoms with van der Waals surface area (Å²) < 4.78 is 42.2. The SMILES string of the molecule is O=C(NCc1ccc(C(F)(F)F)cc1)OCc1ccccc1. The van der Waals surface area contributed by atoms with Crippen LogP contribution in [0, 0.1) is 0 Å². The van der Waals surface area contributed by atoms with Crippen molar-refractivity contribution in [1.82, 2.24) is 5.32 Å². The Hall–Kier alpha value is -2.50. The highest BCUT2D eigenvalue weighted by molar-refractivity contribution is 5.67. The monoisotopic (exact) mass is 309 g/mol. The molecule has 2 aromatic rings. The van der Waals surface area contributed by atoms with Crippen LogP contribution in [0.1, 0.15) is 16.7 Å². The Bertz CT molecular complexity index is 610. The maximum absolute atomic E-state index is 12.4. The van der Waals surface area contributed by atoms with Gasteiger partial charge in [0.05, 0.1) is 5.56 Å². The van der Waals surface area contributed by atoms with Gasteiger partial charge in [-0.1, -0.05) is 42.5 Å². The number of hydrogen-bond donors (Lipinski definition) is 1. The zero-order valence-electron chi connectivity index (χ0n) is 11.6. The predicted molar refractivity (Wildman–Crippen MR) is 74.9 cm³/mol. The maximum atomic E-state index is 12.4. The van der Waals surface area contributed by atoms with Crippen LogP contribution in [-0.2, 0) is 24.1 Å². The molecule has 1 amide bonds. The average Bonchev–Trinajstić information content (AvgIpc) is 2.51. The summed E-state index contributed by atoms with van der Waals surface area (Å²) >= 11 is 0. The fourth-order valence-electron chi connectivity index (χ4n) is 1.76. The van der Waals surface area contributed by atoms with Crippen molar-refractivity contribution in [3.8, 4) is 0 Å². The highest BCUT2D eigenvalue weighted by atomic mass is 19.4. The van der Waals surface area contributed by atoms with Crippen molar-refractivity contribution in [3.05, 3.63) is 71.3 Å². The van der Waals surface area contributed by atoms with E-state index in [9.17, 15) is 18.0 Å². The van der Waals surface area contributed by atoms with E-state index in [1.807, 2.05) is 30.3 Å². The smallest absolute Gasteiger partial charge is 0.416 e. The van der Waals surface area contributed by atoms with E-state index in [4.69, 9.17) is 4.74 Å². The molecular weight excluding hydrogens is 295 g/mol. The van der Waals surface area contributed by atoms with Crippen LogP contribution in [0.5, 0.6) is 0 Å². The topological polar surface area (TPSA) is 38.3 Å². The molecule has 0 bridgehead atoms. The Morgan fingerprint density at radius 1 is 0.955 bits per heavy atom. The number of nitrogens with one attached hydrogen (secondary N) is 1. The van der Waals surface area contributed by atoms with Gasteiger partial charge in [0.2, 0.25) is 0 Å². The van der Waals surface area contributed by atoms with Crippen molar-refractivity contribution in [2.75, 3.05) is 0 Å². The molecule has 22 heavy (non-hydrogen) atoms. The number of alkyl carbamates (subject to hydrolysis) is 1. The van der Waals surface area contributed by atoms with Crippen LogP contribution in [0.3, 0.4) is 0 Å². The first kappa shape index (κ1) is 15.9. The second kappa shape index (κ2) is 6.98. The zero-order chi connectivity index (χ0) is 16.0. The number of hydrogen-bond acceptors (Lipinski definition) is 2. The van der Waals surface area contributed by atoms with Crippen molar-refractivity contribution < 1.29 is 22.7 Å². The predicted octanol–water partition coefficient (Wildman–Crippen LogP) is 4.13. The third kappa shape index (κ3) is 4.80. The normalized spacial score (nSPS) is 11.0. The molecule has 0 aromatic heterocycles. The van der Waals surface area contributed by atoms with Gasteiger partial charge in [-0.15, -0.1) is 0 Å². The van der Waals surface area contributed by atoms with E-state index in [0.717, 1.165) is 17.7 Å². The summed E-state index contributed by atoms with van der Waals surface area (Å²) in [5.74, 6) is 0. The Morgan fingerprint density at radius 3 is 2.18 bits per heavy atom. The number of carbonyl (C=O) groups is 1. The maximum Gasteiger partial charge on any atom is 0.416 e. The molecule has 0 aliphatic carbocycles. The van der Waals surface area contributed by atoms with E-state index in [1.165, 1.54) is 12.1 Å². The summed E-state index contributed by atoms with van der Waals surface area (Å²) in [6, 6.07) is 13.8. The van der Waals surface area contributed by atoms with Crippen molar-refractivity contribution in [2.45, 2.75) is 19.3 Å². The van der Waals surface area contributed by atoms with E-state index in [0.29, 0.717) is 5.56 Å². The quantitative estimate of drug-likeness (QED) is 0.922. The molecule has 6 heteroatoms. The molecule has 0 heterocycles. The summed E-state index contributed by atoms with van der Waals surface area (Å²) in [6.45, 7) is 0.242. The standard InChI is InChI=1S/C16H14F3NO2/c17-16(18,19)14-8-6-12(7-9-14)10-20-15(21)22-11-13-4-2-1-3-5-13/h1-9H,10-11H2,(H,20,21). The largest absolute Gasteiger partial charge is 0.445 e. The number of rotatable bonds is 4. The minimum absolute atomic E-state index is 0.103. The molecule has 0 aliphatic heterocycles. The van der Waals surface area contributed by atoms with Crippen LogP contribution in [0.25, 0.3) is 0 Å². The van der Waals surface area contributed by atoms with Gasteiger partial charge in [-0.2, -0.15) is 13.2 Å². The van der Waals surface area contributed by atoms with Crippen molar-refractivity contribution in [3.63, 3.8) is 0 Å². The lowest BCUT2D eigenvalue weighted by Crippen LogP contribution is -2.23. The summed E-state index contributed by atoms with van der Waals surface area (Å²) in [6.07, 6.45) is -4.98. The fourth-order valence-corrected chi connectivity index (χ4v) is 1.76. The molecular formula is C16H14F3NO2. The molecule has 0 radical (unpaired) electrons. The molecule has 0 unspecified atom stereocenters. The highest BCUT2D eigenvalue weighted by Gasteiger charge is 2.29. The van der Waals surface area contributed by atoms with Crippen molar-refractivity contribution >= 4 is 6.09 Å². The number of carbonyl (C=O) groups excluding carboxylic acids is 1. The summed E-state index contributed by atoms with van der Waals surface area (Å²) in [5, 5.41) is 2.48. The second-order valence-electron chi connectivity index (χ2n) is 4.61. The van der Waals surface area contributed by atoms with Gasteiger partial charge >= 0.3 is 12.3 Å². The van der Waals surface area contributed by atoms with Gasteiger partial charge < -0.3 is 10.1 Å². The molecule has 1 N–H and O–H groups in total. The first-order valence-corrected chi connectivity index (χ1v) is 6.56. The van der Waals surface area contributed by atoms with E-state index in [-0.39, 0.29) is 13.2 Å². The van der Waals surface area contributed by atoms with Crippen LogP contribution in [-0.4, -0.2) is 6.09 Å². The molecule has 3 nitrogen and oxygen atoms in total. The molecule has 0 saturated heterocycles. The van der Waals surface area contributed by atoms with Crippen LogP contribution < -0.4 is 5.32 Å². The van der Waals surface area contributed by atoms with Gasteiger partial charge in [-0.05, 0) is 23.3 Å². The van der Waals surface area contributed by atoms with E-state index in [2.05, 4.69) is 5.32 Å². The Morgan fingerprint density at radius 2 is 1.59 bits per heavy atom. The minimum Gasteiger partial charge on any atom is -0.445 e. The third-order valence-electron chi connectivity index (χ3n) is 2.93. The third-order valence-corrected chi connectivity index (χ3v) is 2.93. The van der Waals surface area contributed by atoms with Crippen molar-refractivity contribution in [1.29, 1.82) is 0 Å². The average molecular weight is 309 g/mol. The van der Waals surface area contributed by atoms with E-state index >= 15 is 0 Å². The van der Waals surface area contributed by atoms with Gasteiger partial charge in [-0.3, -0.25) is 0 Å². The highest BCUT2D eigenvalue weighted by Crippen LogP contribution is 2.29. The van der Waals surface area contributed by atoms with Crippen molar-refractivity contribution in [2.24, 2.45) is 0 Å². The minimum atomic E-state index is -4.36. The number of amides is 1. The number of benzene rings is 2. The Labute approximate surface area is 125 Å². The molecule has 0 aliphatic rings. The molecule has 116 valence electrons. The van der Waals surface area contributed by atoms with Crippen LogP contribution >= 0.6 is 0 Å². The van der Waals surface area contributed by atoms with E-state index in [1.54, 1.807) is 0 Å². The van der Waals surface area contributed by atoms with E-state index < -0.39 is 17.8 Å². The first-order chi connectivity index (χ1) is 10.4. The molecule has 0 spiro atoms. The Balaban J connectivity index is 1.79. The number of ether oxygens (including phenoxy) is 1. The second-order valence-corrected chi connectivity index (χ2v) is 4.61. The van der Waals surface area contributed by atoms with Gasteiger partial charge in [0.25, 0.3) is 0 Å². The molecule has 0 atom stereocenters. The van der Waals surface area contributed by atoms with Gasteiger partial charge in [0.1, 0.15) is 6.61 Å².